The van der Waals surface area contributed by atoms with E-state index in [0.717, 1.165) is 30.8 Å². The summed E-state index contributed by atoms with van der Waals surface area (Å²) in [7, 11) is 0. The van der Waals surface area contributed by atoms with Gasteiger partial charge in [-0.3, -0.25) is 0 Å². The molecule has 0 radical (unpaired) electrons. The molecule has 0 aliphatic carbocycles. The van der Waals surface area contributed by atoms with E-state index in [2.05, 4.69) is 47.8 Å². The van der Waals surface area contributed by atoms with Crippen LogP contribution in [0.4, 0.5) is 5.95 Å². The Morgan fingerprint density at radius 1 is 1.12 bits per heavy atom. The Morgan fingerprint density at radius 3 is 2.24 bits per heavy atom. The maximum Gasteiger partial charge on any atom is 0.245 e. The van der Waals surface area contributed by atoms with E-state index in [9.17, 15) is 0 Å². The van der Waals surface area contributed by atoms with E-state index in [4.69, 9.17) is 11.6 Å². The monoisotopic (exact) mass is 256 g/mol. The molecule has 0 aromatic carbocycles. The van der Waals surface area contributed by atoms with Crippen molar-refractivity contribution in [2.24, 2.45) is 0 Å². The van der Waals surface area contributed by atoms with Crippen LogP contribution in [-0.2, 0) is 12.8 Å². The molecule has 5 heteroatoms. The van der Waals surface area contributed by atoms with Crippen LogP contribution in [0.25, 0.3) is 0 Å². The van der Waals surface area contributed by atoms with Crippen molar-refractivity contribution < 1.29 is 0 Å². The summed E-state index contributed by atoms with van der Waals surface area (Å²) < 4.78 is 0. The summed E-state index contributed by atoms with van der Waals surface area (Å²) in [6, 6.07) is 0.327. The molecule has 17 heavy (non-hydrogen) atoms. The summed E-state index contributed by atoms with van der Waals surface area (Å²) in [6.07, 6.45) is 1.76. The van der Waals surface area contributed by atoms with Gasteiger partial charge in [-0.2, -0.15) is 5.10 Å². The summed E-state index contributed by atoms with van der Waals surface area (Å²) in [4.78, 5) is 6.68. The van der Waals surface area contributed by atoms with Crippen molar-refractivity contribution in [3.05, 3.63) is 11.4 Å². The molecular weight excluding hydrogens is 236 g/mol. The molecular formula is C12H21ClN4. The zero-order valence-electron chi connectivity index (χ0n) is 11.1. The van der Waals surface area contributed by atoms with Crippen molar-refractivity contribution in [2.75, 3.05) is 17.3 Å². The highest BCUT2D eigenvalue weighted by Gasteiger charge is 2.15. The zero-order chi connectivity index (χ0) is 12.8. The SMILES string of the molecule is CCc1nnc(N(CCCl)C(C)C)nc1CC. The summed E-state index contributed by atoms with van der Waals surface area (Å²) >= 11 is 5.80. The normalized spacial score (nSPS) is 10.9. The average Bonchev–Trinajstić information content (AvgIpc) is 2.34. The average molecular weight is 257 g/mol. The third-order valence-electron chi connectivity index (χ3n) is 2.70. The molecule has 0 unspecified atom stereocenters. The molecule has 4 nitrogen and oxygen atoms in total. The van der Waals surface area contributed by atoms with Crippen molar-refractivity contribution in [2.45, 2.75) is 46.6 Å². The molecule has 0 fully saturated rings. The molecule has 0 N–H and O–H groups in total. The Bertz CT molecular complexity index is 354. The van der Waals surface area contributed by atoms with Gasteiger partial charge in [0.25, 0.3) is 0 Å². The van der Waals surface area contributed by atoms with Crippen molar-refractivity contribution in [1.29, 1.82) is 0 Å². The fourth-order valence-electron chi connectivity index (χ4n) is 1.73. The minimum atomic E-state index is 0.327. The molecule has 0 saturated heterocycles. The number of aromatic nitrogens is 3. The first-order chi connectivity index (χ1) is 8.13. The highest BCUT2D eigenvalue weighted by Crippen LogP contribution is 2.13. The van der Waals surface area contributed by atoms with Crippen molar-refractivity contribution >= 4 is 17.5 Å². The lowest BCUT2D eigenvalue weighted by atomic mass is 10.2. The number of nitrogens with zero attached hydrogens (tertiary/aromatic N) is 4. The molecule has 0 atom stereocenters. The van der Waals surface area contributed by atoms with Gasteiger partial charge in [0.05, 0.1) is 11.4 Å². The second kappa shape index (κ2) is 6.74. The van der Waals surface area contributed by atoms with Gasteiger partial charge in [-0.15, -0.1) is 16.7 Å². The number of hydrogen-bond acceptors (Lipinski definition) is 4. The van der Waals surface area contributed by atoms with E-state index in [1.165, 1.54) is 0 Å². The molecule has 1 aromatic rings. The van der Waals surface area contributed by atoms with Gasteiger partial charge in [-0.25, -0.2) is 4.98 Å². The quantitative estimate of drug-likeness (QED) is 0.734. The fraction of sp³-hybridized carbons (Fsp3) is 0.750. The number of rotatable bonds is 6. The summed E-state index contributed by atoms with van der Waals surface area (Å²) in [6.45, 7) is 9.12. The van der Waals surface area contributed by atoms with E-state index in [1.807, 2.05) is 0 Å². The van der Waals surface area contributed by atoms with Crippen molar-refractivity contribution in [3.8, 4) is 0 Å². The van der Waals surface area contributed by atoms with Crippen LogP contribution in [0.3, 0.4) is 0 Å². The Hall–Kier alpha value is -0.900. The molecule has 0 amide bonds. The first-order valence-electron chi connectivity index (χ1n) is 6.19. The van der Waals surface area contributed by atoms with Gasteiger partial charge in [0.1, 0.15) is 0 Å². The molecule has 1 aromatic heterocycles. The lowest BCUT2D eigenvalue weighted by molar-refractivity contribution is 0.662. The van der Waals surface area contributed by atoms with Crippen LogP contribution in [-0.4, -0.2) is 33.6 Å². The highest BCUT2D eigenvalue weighted by atomic mass is 35.5. The van der Waals surface area contributed by atoms with Crippen LogP contribution in [0.5, 0.6) is 0 Å². The number of hydrogen-bond donors (Lipinski definition) is 0. The number of anilines is 1. The maximum absolute atomic E-state index is 5.80. The minimum Gasteiger partial charge on any atom is -0.336 e. The van der Waals surface area contributed by atoms with Crippen LogP contribution < -0.4 is 4.90 Å². The van der Waals surface area contributed by atoms with Crippen molar-refractivity contribution in [3.63, 3.8) is 0 Å². The Labute approximate surface area is 108 Å². The predicted molar refractivity (Wildman–Crippen MR) is 71.8 cm³/mol. The zero-order valence-corrected chi connectivity index (χ0v) is 11.8. The Kier molecular flexibility index (Phi) is 5.62. The number of aryl methyl sites for hydroxylation is 2. The first kappa shape index (κ1) is 14.2. The molecule has 1 heterocycles. The second-order valence-corrected chi connectivity index (χ2v) is 4.57. The maximum atomic E-state index is 5.80. The van der Waals surface area contributed by atoms with Gasteiger partial charge in [-0.1, -0.05) is 13.8 Å². The minimum absolute atomic E-state index is 0.327. The molecule has 0 aliphatic heterocycles. The summed E-state index contributed by atoms with van der Waals surface area (Å²) in [5.74, 6) is 1.26. The standard InChI is InChI=1S/C12H21ClN4/c1-5-10-11(6-2)15-16-12(14-10)17(8-7-13)9(3)4/h9H,5-8H2,1-4H3. The lowest BCUT2D eigenvalue weighted by Crippen LogP contribution is -2.34. The molecule has 0 spiro atoms. The van der Waals surface area contributed by atoms with Gasteiger partial charge in [0, 0.05) is 18.5 Å². The third kappa shape index (κ3) is 3.53. The smallest absolute Gasteiger partial charge is 0.245 e. The summed E-state index contributed by atoms with van der Waals surface area (Å²) in [5.41, 5.74) is 2.03. The third-order valence-corrected chi connectivity index (χ3v) is 2.87. The number of halogens is 1. The van der Waals surface area contributed by atoms with Crippen LogP contribution in [0, 0.1) is 0 Å². The molecule has 1 rings (SSSR count). The van der Waals surface area contributed by atoms with E-state index >= 15 is 0 Å². The predicted octanol–water partition coefficient (Wildman–Crippen LogP) is 2.45. The van der Waals surface area contributed by atoms with E-state index in [-0.39, 0.29) is 0 Å². The van der Waals surface area contributed by atoms with Crippen LogP contribution >= 0.6 is 11.6 Å². The van der Waals surface area contributed by atoms with Crippen LogP contribution in [0.2, 0.25) is 0 Å². The second-order valence-electron chi connectivity index (χ2n) is 4.19. The largest absolute Gasteiger partial charge is 0.336 e. The van der Waals surface area contributed by atoms with Crippen molar-refractivity contribution in [1.82, 2.24) is 15.2 Å². The van der Waals surface area contributed by atoms with Gasteiger partial charge < -0.3 is 4.90 Å². The molecule has 96 valence electrons. The van der Waals surface area contributed by atoms with E-state index in [0.29, 0.717) is 17.9 Å². The Morgan fingerprint density at radius 2 is 1.76 bits per heavy atom. The van der Waals surface area contributed by atoms with Crippen LogP contribution in [0.15, 0.2) is 0 Å². The topological polar surface area (TPSA) is 41.9 Å². The molecule has 0 bridgehead atoms. The summed E-state index contributed by atoms with van der Waals surface area (Å²) in [5, 5.41) is 8.46. The van der Waals surface area contributed by atoms with E-state index < -0.39 is 0 Å². The first-order valence-corrected chi connectivity index (χ1v) is 6.72. The fourth-order valence-corrected chi connectivity index (χ4v) is 1.91. The lowest BCUT2D eigenvalue weighted by Gasteiger charge is -2.25. The van der Waals surface area contributed by atoms with Gasteiger partial charge >= 0.3 is 0 Å². The van der Waals surface area contributed by atoms with Gasteiger partial charge in [0.15, 0.2) is 0 Å². The highest BCUT2D eigenvalue weighted by molar-refractivity contribution is 6.18. The van der Waals surface area contributed by atoms with Gasteiger partial charge in [-0.05, 0) is 26.7 Å². The van der Waals surface area contributed by atoms with E-state index in [1.54, 1.807) is 0 Å². The molecule has 0 aliphatic rings. The number of alkyl halides is 1. The van der Waals surface area contributed by atoms with Gasteiger partial charge in [0.2, 0.25) is 5.95 Å². The Balaban J connectivity index is 3.03. The van der Waals surface area contributed by atoms with Crippen LogP contribution in [0.1, 0.15) is 39.1 Å². The molecule has 0 saturated carbocycles.